The molecule has 9 nitrogen and oxygen atoms in total. The van der Waals surface area contributed by atoms with Crippen molar-refractivity contribution in [2.24, 2.45) is 10.7 Å². The molecule has 1 aromatic heterocycles. The van der Waals surface area contributed by atoms with E-state index in [4.69, 9.17) is 5.73 Å². The molecule has 0 radical (unpaired) electrons. The number of nitrogens with one attached hydrogen (secondary N) is 1. The van der Waals surface area contributed by atoms with Crippen LogP contribution in [0.3, 0.4) is 0 Å². The van der Waals surface area contributed by atoms with Gasteiger partial charge in [0.2, 0.25) is 5.91 Å². The van der Waals surface area contributed by atoms with Crippen molar-refractivity contribution in [3.63, 3.8) is 0 Å². The number of rotatable bonds is 4. The molecule has 0 bridgehead atoms. The molecule has 150 valence electrons. The first-order chi connectivity index (χ1) is 12.9. The van der Waals surface area contributed by atoms with Crippen LogP contribution in [0, 0.1) is 0 Å². The Balaban J connectivity index is 1.57. The van der Waals surface area contributed by atoms with Gasteiger partial charge in [-0.1, -0.05) is 6.42 Å². The quantitative estimate of drug-likeness (QED) is 0.564. The van der Waals surface area contributed by atoms with Crippen LogP contribution >= 0.6 is 0 Å². The van der Waals surface area contributed by atoms with Crippen molar-refractivity contribution in [1.82, 2.24) is 29.9 Å². The minimum absolute atomic E-state index is 0.286. The molecule has 27 heavy (non-hydrogen) atoms. The summed E-state index contributed by atoms with van der Waals surface area (Å²) in [7, 11) is 1.80. The Kier molecular flexibility index (Phi) is 5.98. The maximum atomic E-state index is 11.7. The first-order valence-electron chi connectivity index (χ1n) is 9.85. The summed E-state index contributed by atoms with van der Waals surface area (Å²) in [5, 5.41) is 12.2. The van der Waals surface area contributed by atoms with E-state index in [9.17, 15) is 4.79 Å². The molecule has 0 saturated carbocycles. The summed E-state index contributed by atoms with van der Waals surface area (Å²) in [5.41, 5.74) is 4.92. The van der Waals surface area contributed by atoms with Gasteiger partial charge in [-0.2, -0.15) is 0 Å². The number of aliphatic imine (C=N–C) groups is 1. The fraction of sp³-hybridized carbons (Fsp3) is 0.778. The second kappa shape index (κ2) is 8.24. The molecular formula is C18H32N8O. The van der Waals surface area contributed by atoms with Crippen molar-refractivity contribution in [3.8, 4) is 0 Å². The second-order valence-corrected chi connectivity index (χ2v) is 7.79. The monoisotopic (exact) mass is 376 g/mol. The summed E-state index contributed by atoms with van der Waals surface area (Å²) < 4.78 is 2.25. The van der Waals surface area contributed by atoms with Crippen LogP contribution in [-0.2, 0) is 24.3 Å². The summed E-state index contributed by atoms with van der Waals surface area (Å²) in [6.07, 6.45) is 4.65. The molecule has 9 heteroatoms. The molecular weight excluding hydrogens is 344 g/mol. The van der Waals surface area contributed by atoms with Crippen LogP contribution in [0.25, 0.3) is 0 Å². The summed E-state index contributed by atoms with van der Waals surface area (Å²) >= 11 is 0. The normalized spacial score (nSPS) is 19.5. The number of piperazine rings is 1. The van der Waals surface area contributed by atoms with E-state index >= 15 is 0 Å². The van der Waals surface area contributed by atoms with E-state index in [1.54, 1.807) is 7.05 Å². The molecule has 1 aromatic rings. The molecule has 3 rings (SSSR count). The van der Waals surface area contributed by atoms with Crippen molar-refractivity contribution in [3.05, 3.63) is 11.6 Å². The molecule has 3 N–H and O–H groups in total. The lowest BCUT2D eigenvalue weighted by atomic mass is 10.0. The number of hydrogen-bond donors (Lipinski definition) is 2. The summed E-state index contributed by atoms with van der Waals surface area (Å²) in [4.78, 5) is 20.5. The third-order valence-corrected chi connectivity index (χ3v) is 5.78. The van der Waals surface area contributed by atoms with Crippen LogP contribution < -0.4 is 11.1 Å². The lowest BCUT2D eigenvalue weighted by Gasteiger charge is -2.43. The summed E-state index contributed by atoms with van der Waals surface area (Å²) in [6.45, 7) is 8.53. The van der Waals surface area contributed by atoms with Crippen LogP contribution in [0.1, 0.15) is 44.8 Å². The molecule has 0 aliphatic carbocycles. The van der Waals surface area contributed by atoms with Gasteiger partial charge in [0, 0.05) is 46.2 Å². The van der Waals surface area contributed by atoms with Gasteiger partial charge in [-0.05, 0) is 26.7 Å². The number of nitrogens with two attached hydrogens (primary N) is 1. The molecule has 1 fully saturated rings. The number of carbonyl (C=O) groups is 1. The summed E-state index contributed by atoms with van der Waals surface area (Å²) in [5.74, 6) is 2.64. The van der Waals surface area contributed by atoms with Gasteiger partial charge in [0.25, 0.3) is 0 Å². The smallest absolute Gasteiger partial charge is 0.237 e. The van der Waals surface area contributed by atoms with E-state index in [0.717, 1.165) is 56.8 Å². The number of aryl methyl sites for hydroxylation is 1. The molecule has 0 atom stereocenters. The van der Waals surface area contributed by atoms with Crippen molar-refractivity contribution >= 4 is 11.9 Å². The minimum atomic E-state index is -0.623. The molecule has 2 aliphatic rings. The Morgan fingerprint density at radius 2 is 1.89 bits per heavy atom. The standard InChI is InChI=1S/C18H32N8O/c1-18(2,16(19)27)25-11-9-24(10-12-25)17(20-3)21-13-15-23-22-14-7-5-4-6-8-26(14)15/h4-13H2,1-3H3,(H2,19,27)(H,20,21). The highest BCUT2D eigenvalue weighted by atomic mass is 16.1. The molecule has 3 heterocycles. The largest absolute Gasteiger partial charge is 0.368 e. The van der Waals surface area contributed by atoms with Gasteiger partial charge >= 0.3 is 0 Å². The van der Waals surface area contributed by atoms with Gasteiger partial charge in [0.1, 0.15) is 5.82 Å². The zero-order valence-electron chi connectivity index (χ0n) is 16.7. The van der Waals surface area contributed by atoms with E-state index in [1.807, 2.05) is 13.8 Å². The highest BCUT2D eigenvalue weighted by Gasteiger charge is 2.35. The second-order valence-electron chi connectivity index (χ2n) is 7.79. The lowest BCUT2D eigenvalue weighted by molar-refractivity contribution is -0.129. The predicted octanol–water partition coefficient (Wildman–Crippen LogP) is -0.0386. The number of aromatic nitrogens is 3. The molecule has 0 spiro atoms. The third-order valence-electron chi connectivity index (χ3n) is 5.78. The van der Waals surface area contributed by atoms with E-state index in [2.05, 4.69) is 34.9 Å². The van der Waals surface area contributed by atoms with Crippen molar-refractivity contribution < 1.29 is 4.79 Å². The van der Waals surface area contributed by atoms with Crippen molar-refractivity contribution in [1.29, 1.82) is 0 Å². The Morgan fingerprint density at radius 1 is 1.15 bits per heavy atom. The number of nitrogens with zero attached hydrogens (tertiary/aromatic N) is 6. The number of hydrogen-bond acceptors (Lipinski definition) is 5. The lowest BCUT2D eigenvalue weighted by Crippen LogP contribution is -2.61. The summed E-state index contributed by atoms with van der Waals surface area (Å²) in [6, 6.07) is 0. The molecule has 2 aliphatic heterocycles. The third kappa shape index (κ3) is 4.23. The van der Waals surface area contributed by atoms with Gasteiger partial charge in [-0.25, -0.2) is 0 Å². The minimum Gasteiger partial charge on any atom is -0.368 e. The van der Waals surface area contributed by atoms with Gasteiger partial charge in [-0.3, -0.25) is 14.7 Å². The molecule has 0 aromatic carbocycles. The number of guanidine groups is 1. The van der Waals surface area contributed by atoms with Gasteiger partial charge in [-0.15, -0.1) is 10.2 Å². The van der Waals surface area contributed by atoms with E-state index in [-0.39, 0.29) is 5.91 Å². The highest BCUT2D eigenvalue weighted by molar-refractivity contribution is 5.84. The average molecular weight is 377 g/mol. The predicted molar refractivity (Wildman–Crippen MR) is 104 cm³/mol. The van der Waals surface area contributed by atoms with Crippen LogP contribution in [0.4, 0.5) is 0 Å². The van der Waals surface area contributed by atoms with Crippen LogP contribution in [0.15, 0.2) is 4.99 Å². The van der Waals surface area contributed by atoms with Gasteiger partial charge in [0.15, 0.2) is 11.8 Å². The molecule has 1 saturated heterocycles. The Hall–Kier alpha value is -2.16. The maximum Gasteiger partial charge on any atom is 0.237 e. The van der Waals surface area contributed by atoms with Crippen molar-refractivity contribution in [2.75, 3.05) is 33.2 Å². The average Bonchev–Trinajstić information content (AvgIpc) is 2.89. The van der Waals surface area contributed by atoms with Crippen LogP contribution in [-0.4, -0.2) is 75.2 Å². The topological polar surface area (TPSA) is 105 Å². The van der Waals surface area contributed by atoms with Crippen molar-refractivity contribution in [2.45, 2.75) is 58.2 Å². The number of carbonyl (C=O) groups excluding carboxylic acids is 1. The van der Waals surface area contributed by atoms with E-state index < -0.39 is 5.54 Å². The Labute approximate surface area is 161 Å². The first-order valence-corrected chi connectivity index (χ1v) is 9.85. The van der Waals surface area contributed by atoms with Gasteiger partial charge in [0.05, 0.1) is 12.1 Å². The maximum absolute atomic E-state index is 11.7. The zero-order valence-corrected chi connectivity index (χ0v) is 16.7. The zero-order chi connectivity index (χ0) is 19.4. The SMILES string of the molecule is CN=C(NCc1nnc2n1CCCCC2)N1CCN(C(C)(C)C(N)=O)CC1. The highest BCUT2D eigenvalue weighted by Crippen LogP contribution is 2.17. The Bertz CT molecular complexity index is 688. The molecule has 0 unspecified atom stereocenters. The number of fused-ring (bicyclic) bond motifs is 1. The van der Waals surface area contributed by atoms with E-state index in [0.29, 0.717) is 6.54 Å². The molecule has 1 amide bonds. The Morgan fingerprint density at radius 3 is 2.56 bits per heavy atom. The number of amides is 1. The first kappa shape index (κ1) is 19.6. The fourth-order valence-electron chi connectivity index (χ4n) is 3.80. The van der Waals surface area contributed by atoms with Crippen LogP contribution in [0.2, 0.25) is 0 Å². The number of primary amides is 1. The van der Waals surface area contributed by atoms with Gasteiger partial charge < -0.3 is 20.5 Å². The van der Waals surface area contributed by atoms with Crippen LogP contribution in [0.5, 0.6) is 0 Å². The van der Waals surface area contributed by atoms with E-state index in [1.165, 1.54) is 19.3 Å². The fourth-order valence-corrected chi connectivity index (χ4v) is 3.80.